The number of nitrogens with two attached hydrogens (primary N) is 1. The zero-order valence-corrected chi connectivity index (χ0v) is 15.5. The Bertz CT molecular complexity index is 752. The van der Waals surface area contributed by atoms with Crippen molar-refractivity contribution in [3.05, 3.63) is 16.3 Å². The molecule has 1 saturated heterocycles. The average Bonchev–Trinajstić information content (AvgIpc) is 3.10. The van der Waals surface area contributed by atoms with Crippen LogP contribution in [0.15, 0.2) is 0 Å². The molecule has 0 unspecified atom stereocenters. The topological polar surface area (TPSA) is 90.6 Å². The molecule has 0 bridgehead atoms. The molecule has 1 atom stereocenters. The van der Waals surface area contributed by atoms with Crippen LogP contribution in [0.3, 0.4) is 0 Å². The third-order valence-electron chi connectivity index (χ3n) is 3.98. The minimum atomic E-state index is 0. The van der Waals surface area contributed by atoms with Crippen molar-refractivity contribution in [2.24, 2.45) is 5.73 Å². The molecule has 1 fully saturated rings. The SMILES string of the molecule is COCc1nc(OC)c2c(C)c(C(=O)N3CC[C@@H](N)C3)sc2n1.Cl. The number of aryl methyl sites for hydroxylation is 1. The molecule has 0 aliphatic carbocycles. The highest BCUT2D eigenvalue weighted by atomic mass is 35.5. The lowest BCUT2D eigenvalue weighted by Gasteiger charge is -2.15. The molecule has 1 amide bonds. The Balaban J connectivity index is 0.00000208. The lowest BCUT2D eigenvalue weighted by Crippen LogP contribution is -2.31. The monoisotopic (exact) mass is 372 g/mol. The van der Waals surface area contributed by atoms with Crippen molar-refractivity contribution in [3.8, 4) is 5.88 Å². The summed E-state index contributed by atoms with van der Waals surface area (Å²) in [5, 5.41) is 0.796. The number of hydrogen-bond donors (Lipinski definition) is 1. The second kappa shape index (κ2) is 7.60. The Labute approximate surface area is 150 Å². The van der Waals surface area contributed by atoms with Crippen LogP contribution in [0, 0.1) is 6.92 Å². The number of thiophene rings is 1. The van der Waals surface area contributed by atoms with E-state index in [0.29, 0.717) is 36.3 Å². The van der Waals surface area contributed by atoms with Crippen LogP contribution in [0.4, 0.5) is 0 Å². The fourth-order valence-corrected chi connectivity index (χ4v) is 3.96. The van der Waals surface area contributed by atoms with Crippen molar-refractivity contribution in [3.63, 3.8) is 0 Å². The molecular weight excluding hydrogens is 352 g/mol. The largest absolute Gasteiger partial charge is 0.480 e. The van der Waals surface area contributed by atoms with Gasteiger partial charge < -0.3 is 20.1 Å². The highest BCUT2D eigenvalue weighted by Crippen LogP contribution is 2.36. The summed E-state index contributed by atoms with van der Waals surface area (Å²) in [6.07, 6.45) is 0.844. The van der Waals surface area contributed by atoms with Crippen LogP contribution in [0.2, 0.25) is 0 Å². The fourth-order valence-electron chi connectivity index (χ4n) is 2.80. The maximum absolute atomic E-state index is 12.8. The molecule has 0 spiro atoms. The number of amides is 1. The van der Waals surface area contributed by atoms with Gasteiger partial charge in [-0.15, -0.1) is 23.7 Å². The van der Waals surface area contributed by atoms with Crippen LogP contribution in [0.5, 0.6) is 5.88 Å². The Kier molecular flexibility index (Phi) is 5.97. The Morgan fingerprint density at radius 3 is 2.75 bits per heavy atom. The second-order valence-electron chi connectivity index (χ2n) is 5.62. The quantitative estimate of drug-likeness (QED) is 0.879. The van der Waals surface area contributed by atoms with Gasteiger partial charge in [-0.3, -0.25) is 4.79 Å². The molecule has 2 N–H and O–H groups in total. The maximum Gasteiger partial charge on any atom is 0.264 e. The Morgan fingerprint density at radius 2 is 2.17 bits per heavy atom. The third kappa shape index (κ3) is 3.32. The summed E-state index contributed by atoms with van der Waals surface area (Å²) < 4.78 is 10.5. The lowest BCUT2D eigenvalue weighted by atomic mass is 10.2. The number of methoxy groups -OCH3 is 2. The van der Waals surface area contributed by atoms with Crippen LogP contribution >= 0.6 is 23.7 Å². The zero-order chi connectivity index (χ0) is 16.6. The summed E-state index contributed by atoms with van der Waals surface area (Å²) in [5.74, 6) is 1.03. The van der Waals surface area contributed by atoms with E-state index in [2.05, 4.69) is 9.97 Å². The second-order valence-corrected chi connectivity index (χ2v) is 6.62. The highest BCUT2D eigenvalue weighted by molar-refractivity contribution is 7.20. The van der Waals surface area contributed by atoms with Gasteiger partial charge in [0.15, 0.2) is 5.82 Å². The summed E-state index contributed by atoms with van der Waals surface area (Å²) in [7, 11) is 3.15. The van der Waals surface area contributed by atoms with E-state index in [0.717, 1.165) is 22.2 Å². The lowest BCUT2D eigenvalue weighted by molar-refractivity contribution is 0.0795. The number of carbonyl (C=O) groups excluding carboxylic acids is 1. The molecule has 9 heteroatoms. The number of hydrogen-bond acceptors (Lipinski definition) is 7. The van der Waals surface area contributed by atoms with Crippen molar-refractivity contribution in [2.75, 3.05) is 27.3 Å². The first-order valence-electron chi connectivity index (χ1n) is 7.43. The number of carbonyl (C=O) groups is 1. The highest BCUT2D eigenvalue weighted by Gasteiger charge is 2.28. The van der Waals surface area contributed by atoms with Crippen LogP contribution < -0.4 is 10.5 Å². The summed E-state index contributed by atoms with van der Waals surface area (Å²) in [6, 6.07) is 0.0660. The fraction of sp³-hybridized carbons (Fsp3) is 0.533. The number of rotatable bonds is 4. The number of aromatic nitrogens is 2. The van der Waals surface area contributed by atoms with Crippen molar-refractivity contribution in [1.29, 1.82) is 0 Å². The van der Waals surface area contributed by atoms with Gasteiger partial charge in [-0.2, -0.15) is 4.98 Å². The molecular formula is C15H21ClN4O3S. The van der Waals surface area contributed by atoms with Gasteiger partial charge in [0.1, 0.15) is 11.4 Å². The number of likely N-dealkylation sites (tertiary alicyclic amines) is 1. The minimum Gasteiger partial charge on any atom is -0.480 e. The molecule has 1 aliphatic heterocycles. The van der Waals surface area contributed by atoms with E-state index in [4.69, 9.17) is 15.2 Å². The van der Waals surface area contributed by atoms with E-state index in [1.54, 1.807) is 19.1 Å². The van der Waals surface area contributed by atoms with Crippen molar-refractivity contribution < 1.29 is 14.3 Å². The average molecular weight is 373 g/mol. The van der Waals surface area contributed by atoms with Crippen molar-refractivity contribution >= 4 is 39.9 Å². The maximum atomic E-state index is 12.8. The summed E-state index contributed by atoms with van der Waals surface area (Å²) in [5.41, 5.74) is 6.76. The van der Waals surface area contributed by atoms with E-state index in [9.17, 15) is 4.79 Å². The first-order valence-corrected chi connectivity index (χ1v) is 8.24. The summed E-state index contributed by atoms with van der Waals surface area (Å²) in [4.78, 5) is 24.8. The van der Waals surface area contributed by atoms with Crippen molar-refractivity contribution in [2.45, 2.75) is 26.0 Å². The first-order chi connectivity index (χ1) is 11.0. The van der Waals surface area contributed by atoms with Crippen LogP contribution in [0.25, 0.3) is 10.2 Å². The standard InChI is InChI=1S/C15H20N4O3S.ClH/c1-8-11-13(22-3)17-10(7-21-2)18-14(11)23-12(8)15(20)19-5-4-9(16)6-19;/h9H,4-7,16H2,1-3H3;1H/t9-;/m1./s1. The van der Waals surface area contributed by atoms with E-state index < -0.39 is 0 Å². The van der Waals surface area contributed by atoms with Gasteiger partial charge in [-0.05, 0) is 18.9 Å². The summed E-state index contributed by atoms with van der Waals surface area (Å²) in [6.45, 7) is 3.51. The van der Waals surface area contributed by atoms with Gasteiger partial charge in [0, 0.05) is 26.2 Å². The number of fused-ring (bicyclic) bond motifs is 1. The van der Waals surface area contributed by atoms with E-state index >= 15 is 0 Å². The van der Waals surface area contributed by atoms with Crippen LogP contribution in [-0.4, -0.2) is 54.1 Å². The Morgan fingerprint density at radius 1 is 1.42 bits per heavy atom. The van der Waals surface area contributed by atoms with Gasteiger partial charge >= 0.3 is 0 Å². The predicted octanol–water partition coefficient (Wildman–Crippen LogP) is 1.75. The van der Waals surface area contributed by atoms with Gasteiger partial charge in [0.2, 0.25) is 5.88 Å². The molecule has 7 nitrogen and oxygen atoms in total. The predicted molar refractivity (Wildman–Crippen MR) is 95.2 cm³/mol. The molecule has 24 heavy (non-hydrogen) atoms. The third-order valence-corrected chi connectivity index (χ3v) is 5.15. The van der Waals surface area contributed by atoms with Crippen LogP contribution in [0.1, 0.15) is 27.5 Å². The zero-order valence-electron chi connectivity index (χ0n) is 13.9. The van der Waals surface area contributed by atoms with Crippen molar-refractivity contribution in [1.82, 2.24) is 14.9 Å². The molecule has 3 heterocycles. The molecule has 1 aliphatic rings. The smallest absolute Gasteiger partial charge is 0.264 e. The molecule has 2 aromatic heterocycles. The number of ether oxygens (including phenoxy) is 2. The number of nitrogens with zero attached hydrogens (tertiary/aromatic N) is 3. The molecule has 132 valence electrons. The first kappa shape index (κ1) is 18.9. The van der Waals surface area contributed by atoms with Crippen LogP contribution in [-0.2, 0) is 11.3 Å². The molecule has 0 radical (unpaired) electrons. The minimum absolute atomic E-state index is 0. The van der Waals surface area contributed by atoms with E-state index in [1.165, 1.54) is 11.3 Å². The molecule has 0 saturated carbocycles. The number of halogens is 1. The van der Waals surface area contributed by atoms with Gasteiger partial charge in [0.25, 0.3) is 5.91 Å². The van der Waals surface area contributed by atoms with E-state index in [1.807, 2.05) is 6.92 Å². The van der Waals surface area contributed by atoms with E-state index in [-0.39, 0.29) is 24.4 Å². The molecule has 0 aromatic carbocycles. The molecule has 2 aromatic rings. The van der Waals surface area contributed by atoms with Gasteiger partial charge in [-0.25, -0.2) is 4.98 Å². The Hall–Kier alpha value is -1.48. The molecule has 3 rings (SSSR count). The summed E-state index contributed by atoms with van der Waals surface area (Å²) >= 11 is 1.37. The van der Waals surface area contributed by atoms with Gasteiger partial charge in [-0.1, -0.05) is 0 Å². The normalized spacial score (nSPS) is 17.2. The van der Waals surface area contributed by atoms with Gasteiger partial charge in [0.05, 0.1) is 17.4 Å².